The first-order chi connectivity index (χ1) is 8.29. The highest BCUT2D eigenvalue weighted by Crippen LogP contribution is 2.33. The zero-order chi connectivity index (χ0) is 11.8. The van der Waals surface area contributed by atoms with Gasteiger partial charge in [0.15, 0.2) is 0 Å². The molecule has 3 rings (SSSR count). The van der Waals surface area contributed by atoms with Gasteiger partial charge in [0, 0.05) is 37.9 Å². The van der Waals surface area contributed by atoms with Crippen LogP contribution in [0.25, 0.3) is 0 Å². The second-order valence-corrected chi connectivity index (χ2v) is 5.14. The van der Waals surface area contributed by atoms with Crippen LogP contribution < -0.4 is 0 Å². The number of amides is 1. The predicted molar refractivity (Wildman–Crippen MR) is 63.8 cm³/mol. The summed E-state index contributed by atoms with van der Waals surface area (Å²) in [5.41, 5.74) is 0.811. The number of hydrogen-bond donors (Lipinski definition) is 1. The normalized spacial score (nSPS) is 21.1. The van der Waals surface area contributed by atoms with Crippen molar-refractivity contribution in [3.63, 3.8) is 0 Å². The van der Waals surface area contributed by atoms with E-state index in [0.29, 0.717) is 19.1 Å². The Balaban J connectivity index is 1.71. The van der Waals surface area contributed by atoms with Gasteiger partial charge in [-0.15, -0.1) is 0 Å². The Hall–Kier alpha value is -1.29. The number of carbonyl (C=O) groups excluding carboxylic acids is 1. The third-order valence-corrected chi connectivity index (χ3v) is 3.97. The van der Waals surface area contributed by atoms with Crippen molar-refractivity contribution in [1.82, 2.24) is 9.47 Å². The average molecular weight is 234 g/mol. The second-order valence-electron chi connectivity index (χ2n) is 5.14. The third kappa shape index (κ3) is 1.76. The van der Waals surface area contributed by atoms with E-state index in [1.54, 1.807) is 0 Å². The zero-order valence-corrected chi connectivity index (χ0v) is 9.88. The van der Waals surface area contributed by atoms with Crippen molar-refractivity contribution in [2.45, 2.75) is 25.3 Å². The number of aliphatic hydroxyl groups excluding tert-OH is 1. The molecule has 4 nitrogen and oxygen atoms in total. The van der Waals surface area contributed by atoms with Gasteiger partial charge in [-0.25, -0.2) is 0 Å². The predicted octanol–water partition coefficient (Wildman–Crippen LogP) is 1.28. The SMILES string of the molecule is O=C(c1cccn1C1CCC1)N1CC(CO)C1. The van der Waals surface area contributed by atoms with E-state index in [-0.39, 0.29) is 18.4 Å². The summed E-state index contributed by atoms with van der Waals surface area (Å²) in [5, 5.41) is 8.96. The lowest BCUT2D eigenvalue weighted by molar-refractivity contribution is 0.0348. The number of rotatable bonds is 3. The Labute approximate surface area is 101 Å². The highest BCUT2D eigenvalue weighted by atomic mass is 16.3. The molecule has 1 aromatic heterocycles. The van der Waals surface area contributed by atoms with Crippen LogP contribution in [0.4, 0.5) is 0 Å². The van der Waals surface area contributed by atoms with Gasteiger partial charge < -0.3 is 14.6 Å². The largest absolute Gasteiger partial charge is 0.396 e. The fourth-order valence-corrected chi connectivity index (χ4v) is 2.57. The highest BCUT2D eigenvalue weighted by molar-refractivity contribution is 5.93. The maximum Gasteiger partial charge on any atom is 0.270 e. The molecule has 17 heavy (non-hydrogen) atoms. The lowest BCUT2D eigenvalue weighted by atomic mass is 9.92. The van der Waals surface area contributed by atoms with Gasteiger partial charge >= 0.3 is 0 Å². The standard InChI is InChI=1S/C13H18N2O2/c16-9-10-7-14(8-10)13(17)12-5-2-6-15(12)11-3-1-4-11/h2,5-6,10-11,16H,1,3-4,7-9H2. The van der Waals surface area contributed by atoms with Crippen LogP contribution in [0.1, 0.15) is 35.8 Å². The smallest absolute Gasteiger partial charge is 0.270 e. The summed E-state index contributed by atoms with van der Waals surface area (Å²) in [6, 6.07) is 4.39. The van der Waals surface area contributed by atoms with Crippen molar-refractivity contribution < 1.29 is 9.90 Å². The van der Waals surface area contributed by atoms with Crippen molar-refractivity contribution >= 4 is 5.91 Å². The van der Waals surface area contributed by atoms with E-state index >= 15 is 0 Å². The molecule has 1 aromatic rings. The molecule has 2 fully saturated rings. The van der Waals surface area contributed by atoms with Crippen molar-refractivity contribution in [1.29, 1.82) is 0 Å². The molecule has 1 saturated carbocycles. The molecule has 4 heteroatoms. The van der Waals surface area contributed by atoms with E-state index in [2.05, 4.69) is 4.57 Å². The van der Waals surface area contributed by atoms with Crippen LogP contribution in [0.2, 0.25) is 0 Å². The van der Waals surface area contributed by atoms with Gasteiger partial charge in [-0.3, -0.25) is 4.79 Å². The summed E-state index contributed by atoms with van der Waals surface area (Å²) < 4.78 is 2.12. The quantitative estimate of drug-likeness (QED) is 0.856. The van der Waals surface area contributed by atoms with Crippen molar-refractivity contribution in [3.05, 3.63) is 24.0 Å². The molecule has 1 N–H and O–H groups in total. The summed E-state index contributed by atoms with van der Waals surface area (Å²) in [6.45, 7) is 1.59. The molecule has 1 aliphatic heterocycles. The van der Waals surface area contributed by atoms with E-state index in [1.807, 2.05) is 23.2 Å². The summed E-state index contributed by atoms with van der Waals surface area (Å²) in [7, 11) is 0. The van der Waals surface area contributed by atoms with E-state index in [0.717, 1.165) is 5.69 Å². The van der Waals surface area contributed by atoms with Crippen LogP contribution in [-0.4, -0.2) is 40.2 Å². The number of carbonyl (C=O) groups is 1. The first-order valence-electron chi connectivity index (χ1n) is 6.36. The van der Waals surface area contributed by atoms with Gasteiger partial charge in [-0.2, -0.15) is 0 Å². The van der Waals surface area contributed by atoms with Crippen molar-refractivity contribution in [3.8, 4) is 0 Å². The molecule has 0 unspecified atom stereocenters. The lowest BCUT2D eigenvalue weighted by Gasteiger charge is -2.39. The molecule has 0 radical (unpaired) electrons. The Morgan fingerprint density at radius 3 is 2.76 bits per heavy atom. The van der Waals surface area contributed by atoms with Crippen LogP contribution in [0.3, 0.4) is 0 Å². The monoisotopic (exact) mass is 234 g/mol. The van der Waals surface area contributed by atoms with E-state index in [4.69, 9.17) is 5.11 Å². The molecule has 0 spiro atoms. The minimum Gasteiger partial charge on any atom is -0.396 e. The number of aromatic nitrogens is 1. The molecule has 2 aliphatic rings. The lowest BCUT2D eigenvalue weighted by Crippen LogP contribution is -2.51. The van der Waals surface area contributed by atoms with E-state index in [1.165, 1.54) is 19.3 Å². The van der Waals surface area contributed by atoms with Crippen LogP contribution in [0, 0.1) is 5.92 Å². The highest BCUT2D eigenvalue weighted by Gasteiger charge is 2.33. The summed E-state index contributed by atoms with van der Waals surface area (Å²) >= 11 is 0. The number of hydrogen-bond acceptors (Lipinski definition) is 2. The van der Waals surface area contributed by atoms with Gasteiger partial charge in [0.25, 0.3) is 5.91 Å². The van der Waals surface area contributed by atoms with Gasteiger partial charge in [0.2, 0.25) is 0 Å². The third-order valence-electron chi connectivity index (χ3n) is 3.97. The average Bonchev–Trinajstić information content (AvgIpc) is 2.62. The molecule has 1 saturated heterocycles. The topological polar surface area (TPSA) is 45.5 Å². The second kappa shape index (κ2) is 4.18. The van der Waals surface area contributed by atoms with Gasteiger partial charge in [-0.05, 0) is 31.4 Å². The number of aliphatic hydroxyl groups is 1. The molecule has 1 aliphatic carbocycles. The van der Waals surface area contributed by atoms with E-state index in [9.17, 15) is 4.79 Å². The first kappa shape index (κ1) is 10.8. The molecule has 92 valence electrons. The first-order valence-corrected chi connectivity index (χ1v) is 6.36. The maximum absolute atomic E-state index is 12.2. The van der Waals surface area contributed by atoms with Gasteiger partial charge in [0.1, 0.15) is 5.69 Å². The van der Waals surface area contributed by atoms with Crippen LogP contribution in [-0.2, 0) is 0 Å². The molecule has 0 aromatic carbocycles. The van der Waals surface area contributed by atoms with E-state index < -0.39 is 0 Å². The molecular formula is C13H18N2O2. The Bertz CT molecular complexity index is 417. The summed E-state index contributed by atoms with van der Waals surface area (Å²) in [5.74, 6) is 0.401. The van der Waals surface area contributed by atoms with Gasteiger partial charge in [0.05, 0.1) is 0 Å². The fourth-order valence-electron chi connectivity index (χ4n) is 2.57. The maximum atomic E-state index is 12.2. The minimum atomic E-state index is 0.117. The molecular weight excluding hydrogens is 216 g/mol. The zero-order valence-electron chi connectivity index (χ0n) is 9.88. The Kier molecular flexibility index (Phi) is 2.67. The molecule has 2 heterocycles. The van der Waals surface area contributed by atoms with Crippen molar-refractivity contribution in [2.24, 2.45) is 5.92 Å². The molecule has 0 bridgehead atoms. The van der Waals surface area contributed by atoms with Crippen LogP contribution in [0.15, 0.2) is 18.3 Å². The summed E-state index contributed by atoms with van der Waals surface area (Å²) in [6.07, 6.45) is 5.66. The fraction of sp³-hybridized carbons (Fsp3) is 0.615. The number of likely N-dealkylation sites (tertiary alicyclic amines) is 1. The number of nitrogens with zero attached hydrogens (tertiary/aromatic N) is 2. The molecule has 0 atom stereocenters. The van der Waals surface area contributed by atoms with Gasteiger partial charge in [-0.1, -0.05) is 0 Å². The molecule has 1 amide bonds. The minimum absolute atomic E-state index is 0.117. The van der Waals surface area contributed by atoms with Crippen molar-refractivity contribution in [2.75, 3.05) is 19.7 Å². The Morgan fingerprint density at radius 1 is 1.41 bits per heavy atom. The van der Waals surface area contributed by atoms with Crippen LogP contribution in [0.5, 0.6) is 0 Å². The Morgan fingerprint density at radius 2 is 2.18 bits per heavy atom. The van der Waals surface area contributed by atoms with Crippen LogP contribution >= 0.6 is 0 Å². The summed E-state index contributed by atoms with van der Waals surface area (Å²) in [4.78, 5) is 14.1.